The molecule has 4 rings (SSSR count). The van der Waals surface area contributed by atoms with E-state index in [1.165, 1.54) is 10.8 Å². The number of nitrogens with two attached hydrogens (primary N) is 1. The van der Waals surface area contributed by atoms with Crippen LogP contribution in [-0.4, -0.2) is 24.5 Å². The molecule has 1 unspecified atom stereocenters. The zero-order chi connectivity index (χ0) is 27.6. The molecule has 10 nitrogen and oxygen atoms in total. The second-order valence-corrected chi connectivity index (χ2v) is 7.83. The van der Waals surface area contributed by atoms with Gasteiger partial charge in [-0.15, -0.1) is 0 Å². The van der Waals surface area contributed by atoms with E-state index in [1.54, 1.807) is 6.92 Å². The van der Waals surface area contributed by atoms with Crippen LogP contribution >= 0.6 is 0 Å². The third-order valence-corrected chi connectivity index (χ3v) is 5.59. The average Bonchev–Trinajstić information content (AvgIpc) is 3.22. The maximum atomic E-state index is 14.1. The summed E-state index contributed by atoms with van der Waals surface area (Å²) in [5.41, 5.74) is 13.9. The molecule has 0 spiro atoms. The normalized spacial score (nSPS) is 12.8. The molecule has 0 saturated carbocycles. The Hall–Kier alpha value is -5.00. The molecule has 3 heterocycles. The molecule has 1 aromatic carbocycles. The van der Waals surface area contributed by atoms with Gasteiger partial charge in [0.15, 0.2) is 0 Å². The summed E-state index contributed by atoms with van der Waals surface area (Å²) < 4.78 is 67.8. The van der Waals surface area contributed by atoms with E-state index in [2.05, 4.69) is 30.4 Å². The van der Waals surface area contributed by atoms with Crippen LogP contribution in [0.25, 0.3) is 22.2 Å². The minimum Gasteiger partial charge on any atom is -0.383 e. The molecule has 0 bridgehead atoms. The third kappa shape index (κ3) is 4.71. The summed E-state index contributed by atoms with van der Waals surface area (Å²) in [6.45, 7) is 1.72. The molecular weight excluding hydrogens is 511 g/mol. The van der Waals surface area contributed by atoms with Gasteiger partial charge in [-0.1, -0.05) is 6.92 Å². The number of hydrogen-bond donors (Lipinski definition) is 3. The molecule has 0 amide bonds. The molecule has 4 N–H and O–H groups in total. The number of benzene rings is 1. The first kappa shape index (κ1) is 26.1. The number of nitrogens with one attached hydrogen (secondary N) is 2. The molecule has 0 fully saturated rings. The fourth-order valence-electron chi connectivity index (χ4n) is 3.94. The zero-order valence-corrected chi connectivity index (χ0v) is 19.4. The Kier molecular flexibility index (Phi) is 6.98. The lowest BCUT2D eigenvalue weighted by atomic mass is 10.1. The fraction of sp³-hybridized carbons (Fsp3) is 0.174. The molecule has 38 heavy (non-hydrogen) atoms. The minimum absolute atomic E-state index is 0.0250. The van der Waals surface area contributed by atoms with Gasteiger partial charge in [0.25, 0.3) is 0 Å². The van der Waals surface area contributed by atoms with Crippen molar-refractivity contribution in [3.8, 4) is 17.2 Å². The quantitative estimate of drug-likeness (QED) is 0.209. The van der Waals surface area contributed by atoms with Crippen LogP contribution in [0, 0.1) is 28.5 Å². The number of hydrogen-bond acceptors (Lipinski definition) is 9. The lowest BCUT2D eigenvalue weighted by molar-refractivity contribution is -0.144. The highest BCUT2D eigenvalue weighted by Crippen LogP contribution is 2.40. The Balaban J connectivity index is 1.90. The third-order valence-electron chi connectivity index (χ3n) is 5.59. The second kappa shape index (κ2) is 10.2. The number of nitrogens with zero attached hydrogens (tertiary/aromatic N) is 7. The van der Waals surface area contributed by atoms with Gasteiger partial charge >= 0.3 is 6.18 Å². The summed E-state index contributed by atoms with van der Waals surface area (Å²) in [5.74, 6) is -3.08. The van der Waals surface area contributed by atoms with Gasteiger partial charge in [0.2, 0.25) is 5.82 Å². The molecule has 3 aromatic heterocycles. The number of aromatic nitrogens is 5. The number of halogens is 5. The van der Waals surface area contributed by atoms with E-state index in [0.717, 1.165) is 30.9 Å². The van der Waals surface area contributed by atoms with Crippen LogP contribution in [0.15, 0.2) is 53.9 Å². The first-order chi connectivity index (χ1) is 18.1. The predicted octanol–water partition coefficient (Wildman–Crippen LogP) is 5.57. The minimum atomic E-state index is -4.77. The van der Waals surface area contributed by atoms with Crippen LogP contribution in [0.1, 0.15) is 30.9 Å². The van der Waals surface area contributed by atoms with Crippen LogP contribution in [0.5, 0.6) is 0 Å². The Morgan fingerprint density at radius 2 is 1.95 bits per heavy atom. The SMILES string of the molecule is CCC(/C(=C/Nc1ccc(F)cc1F)N=N)n1c(C#N)c(-c2cnc(C(F)(F)F)nc2)c2c(N)ncnc21. The number of alkyl halides is 3. The van der Waals surface area contributed by atoms with Gasteiger partial charge < -0.3 is 15.6 Å². The molecule has 4 aromatic rings. The molecule has 15 heteroatoms. The van der Waals surface area contributed by atoms with E-state index < -0.39 is 29.7 Å². The lowest BCUT2D eigenvalue weighted by Gasteiger charge is -2.19. The largest absolute Gasteiger partial charge is 0.451 e. The molecular formula is C23H17F5N10. The molecule has 1 atom stereocenters. The first-order valence-corrected chi connectivity index (χ1v) is 10.8. The Morgan fingerprint density at radius 1 is 1.24 bits per heavy atom. The second-order valence-electron chi connectivity index (χ2n) is 7.83. The first-order valence-electron chi connectivity index (χ1n) is 10.8. The van der Waals surface area contributed by atoms with Crippen molar-refractivity contribution in [3.63, 3.8) is 0 Å². The lowest BCUT2D eigenvalue weighted by Crippen LogP contribution is -2.14. The van der Waals surface area contributed by atoms with Gasteiger partial charge in [-0.25, -0.2) is 34.2 Å². The maximum absolute atomic E-state index is 14.1. The van der Waals surface area contributed by atoms with Crippen molar-refractivity contribution in [1.29, 1.82) is 10.8 Å². The molecule has 0 radical (unpaired) electrons. The summed E-state index contributed by atoms with van der Waals surface area (Å²) in [6, 6.07) is 4.05. The van der Waals surface area contributed by atoms with Gasteiger partial charge in [-0.2, -0.15) is 23.5 Å². The number of allylic oxidation sites excluding steroid dienone is 1. The highest BCUT2D eigenvalue weighted by atomic mass is 19.4. The molecule has 0 saturated heterocycles. The van der Waals surface area contributed by atoms with Gasteiger partial charge in [0, 0.05) is 35.8 Å². The smallest absolute Gasteiger partial charge is 0.383 e. The summed E-state index contributed by atoms with van der Waals surface area (Å²) in [7, 11) is 0. The summed E-state index contributed by atoms with van der Waals surface area (Å²) >= 11 is 0. The Morgan fingerprint density at radius 3 is 2.53 bits per heavy atom. The van der Waals surface area contributed by atoms with Gasteiger partial charge in [0.05, 0.1) is 17.1 Å². The summed E-state index contributed by atoms with van der Waals surface area (Å²) in [4.78, 5) is 14.9. The maximum Gasteiger partial charge on any atom is 0.451 e. The fourth-order valence-corrected chi connectivity index (χ4v) is 3.94. The van der Waals surface area contributed by atoms with Gasteiger partial charge in [-0.3, -0.25) is 0 Å². The van der Waals surface area contributed by atoms with E-state index in [4.69, 9.17) is 11.3 Å². The number of nitrogen functional groups attached to an aromatic ring is 1. The number of nitriles is 1. The van der Waals surface area contributed by atoms with E-state index in [-0.39, 0.29) is 51.5 Å². The van der Waals surface area contributed by atoms with Crippen molar-refractivity contribution in [2.24, 2.45) is 5.11 Å². The van der Waals surface area contributed by atoms with Crippen LogP contribution in [0.3, 0.4) is 0 Å². The number of rotatable bonds is 7. The van der Waals surface area contributed by atoms with Crippen molar-refractivity contribution in [1.82, 2.24) is 24.5 Å². The zero-order valence-electron chi connectivity index (χ0n) is 19.4. The van der Waals surface area contributed by atoms with Gasteiger partial charge in [-0.05, 0) is 18.6 Å². The van der Waals surface area contributed by atoms with E-state index in [9.17, 15) is 27.2 Å². The predicted molar refractivity (Wildman–Crippen MR) is 125 cm³/mol. The number of fused-ring (bicyclic) bond motifs is 1. The van der Waals surface area contributed by atoms with E-state index in [1.807, 2.05) is 6.07 Å². The standard InChI is InChI=1S/C23H17F5N10/c1-2-16(15(37-31)9-32-14-4-3-12(24)5-13(14)25)38-17(6-29)18(19-20(30)35-10-36-21(19)38)11-7-33-22(34-8-11)23(26,27)28/h3-5,7-10,16,31-32H,2H2,1H3,(H2,30,35,36)/b15-9-,37-31?. The van der Waals surface area contributed by atoms with E-state index >= 15 is 0 Å². The van der Waals surface area contributed by atoms with Crippen molar-refractivity contribution in [3.05, 3.63) is 72.0 Å². The van der Waals surface area contributed by atoms with Crippen molar-refractivity contribution < 1.29 is 22.0 Å². The van der Waals surface area contributed by atoms with Crippen molar-refractivity contribution in [2.75, 3.05) is 11.1 Å². The highest BCUT2D eigenvalue weighted by molar-refractivity contribution is 6.03. The van der Waals surface area contributed by atoms with Crippen LogP contribution in [0.2, 0.25) is 0 Å². The monoisotopic (exact) mass is 528 g/mol. The Labute approximate surface area is 211 Å². The van der Waals surface area contributed by atoms with Crippen LogP contribution < -0.4 is 11.1 Å². The topological polar surface area (TPSA) is 155 Å². The van der Waals surface area contributed by atoms with Crippen molar-refractivity contribution in [2.45, 2.75) is 25.6 Å². The van der Waals surface area contributed by atoms with E-state index in [0.29, 0.717) is 6.07 Å². The van der Waals surface area contributed by atoms with Gasteiger partial charge in [0.1, 0.15) is 46.9 Å². The van der Waals surface area contributed by atoms with Crippen molar-refractivity contribution >= 4 is 22.5 Å². The summed E-state index contributed by atoms with van der Waals surface area (Å²) in [6.07, 6.45) is -0.348. The summed E-state index contributed by atoms with van der Waals surface area (Å²) in [5, 5.41) is 16.4. The number of anilines is 2. The molecule has 194 valence electrons. The average molecular weight is 528 g/mol. The molecule has 0 aliphatic heterocycles. The Bertz CT molecular complexity index is 1590. The molecule has 0 aliphatic rings. The highest BCUT2D eigenvalue weighted by Gasteiger charge is 2.35. The van der Waals surface area contributed by atoms with Crippen LogP contribution in [0.4, 0.5) is 33.5 Å². The van der Waals surface area contributed by atoms with Crippen LogP contribution in [-0.2, 0) is 6.18 Å². The molecule has 0 aliphatic carbocycles.